The Bertz CT molecular complexity index is 1050. The third-order valence-electron chi connectivity index (χ3n) is 4.96. The second-order valence-electron chi connectivity index (χ2n) is 7.23. The summed E-state index contributed by atoms with van der Waals surface area (Å²) >= 11 is 0. The van der Waals surface area contributed by atoms with Crippen molar-refractivity contribution in [2.24, 2.45) is 0 Å². The van der Waals surface area contributed by atoms with Gasteiger partial charge in [-0.25, -0.2) is 13.2 Å². The molecule has 1 aliphatic rings. The summed E-state index contributed by atoms with van der Waals surface area (Å²) in [4.78, 5) is 36.6. The number of carbonyl (C=O) groups is 3. The monoisotopic (exact) mass is 444 g/mol. The summed E-state index contributed by atoms with van der Waals surface area (Å²) in [6, 6.07) is 13.0. The highest BCUT2D eigenvalue weighted by Crippen LogP contribution is 2.21. The molecule has 1 atom stereocenters. The molecule has 9 heteroatoms. The number of benzene rings is 2. The lowest BCUT2D eigenvalue weighted by Gasteiger charge is -2.15. The summed E-state index contributed by atoms with van der Waals surface area (Å²) in [7, 11) is -3.56. The normalized spacial score (nSPS) is 15.3. The van der Waals surface area contributed by atoms with E-state index in [0.717, 1.165) is 12.8 Å². The first-order chi connectivity index (χ1) is 14.8. The molecule has 1 N–H and O–H groups in total. The highest BCUT2D eigenvalue weighted by atomic mass is 32.2. The van der Waals surface area contributed by atoms with Crippen LogP contribution in [0.1, 0.15) is 40.5 Å². The summed E-state index contributed by atoms with van der Waals surface area (Å²) in [5, 5.41) is 2.51. The number of ketones is 1. The zero-order chi connectivity index (χ0) is 22.4. The number of hydrogen-bond donors (Lipinski definition) is 1. The Morgan fingerprint density at radius 1 is 0.968 bits per heavy atom. The van der Waals surface area contributed by atoms with Crippen molar-refractivity contribution in [3.8, 4) is 0 Å². The van der Waals surface area contributed by atoms with Crippen LogP contribution in [0.4, 0.5) is 0 Å². The summed E-state index contributed by atoms with van der Waals surface area (Å²) in [5.41, 5.74) is 0.636. The number of esters is 1. The molecule has 2 aromatic carbocycles. The van der Waals surface area contributed by atoms with Crippen LogP contribution in [-0.4, -0.2) is 56.1 Å². The molecule has 1 saturated heterocycles. The molecular weight excluding hydrogens is 420 g/mol. The van der Waals surface area contributed by atoms with E-state index in [1.807, 2.05) is 0 Å². The van der Waals surface area contributed by atoms with Crippen LogP contribution in [0.3, 0.4) is 0 Å². The number of nitrogens with one attached hydrogen (secondary N) is 1. The van der Waals surface area contributed by atoms with E-state index in [1.165, 1.54) is 35.5 Å². The fourth-order valence-corrected chi connectivity index (χ4v) is 4.68. The summed E-state index contributed by atoms with van der Waals surface area (Å²) in [6.45, 7) is 1.95. The molecular formula is C22H24N2O6S. The number of carbonyl (C=O) groups excluding carboxylic acids is 3. The molecule has 31 heavy (non-hydrogen) atoms. The molecule has 0 saturated carbocycles. The fraction of sp³-hybridized carbons (Fsp3) is 0.318. The predicted molar refractivity (Wildman–Crippen MR) is 113 cm³/mol. The SMILES string of the molecule is CC(NC(=O)c1ccccc1)C(=O)OCC(=O)c1ccc(S(=O)(=O)N2CCCC2)cc1. The molecule has 1 amide bonds. The Morgan fingerprint density at radius 3 is 2.19 bits per heavy atom. The van der Waals surface area contributed by atoms with Gasteiger partial charge in [0.25, 0.3) is 5.91 Å². The highest BCUT2D eigenvalue weighted by Gasteiger charge is 2.27. The Labute approximate surface area is 181 Å². The average Bonchev–Trinajstić information content (AvgIpc) is 3.33. The number of sulfonamides is 1. The molecule has 3 rings (SSSR count). The van der Waals surface area contributed by atoms with Crippen LogP contribution in [0.25, 0.3) is 0 Å². The minimum atomic E-state index is -3.56. The Morgan fingerprint density at radius 2 is 1.58 bits per heavy atom. The smallest absolute Gasteiger partial charge is 0.328 e. The van der Waals surface area contributed by atoms with Gasteiger partial charge < -0.3 is 10.1 Å². The van der Waals surface area contributed by atoms with Crippen molar-refractivity contribution < 1.29 is 27.5 Å². The van der Waals surface area contributed by atoms with Gasteiger partial charge in [-0.15, -0.1) is 0 Å². The predicted octanol–water partition coefficient (Wildman–Crippen LogP) is 2.02. The van der Waals surface area contributed by atoms with Crippen LogP contribution >= 0.6 is 0 Å². The average molecular weight is 445 g/mol. The van der Waals surface area contributed by atoms with Crippen LogP contribution in [-0.2, 0) is 19.6 Å². The number of rotatable bonds is 8. The second kappa shape index (κ2) is 9.84. The van der Waals surface area contributed by atoms with Gasteiger partial charge in [-0.3, -0.25) is 9.59 Å². The van der Waals surface area contributed by atoms with Crippen molar-refractivity contribution in [2.75, 3.05) is 19.7 Å². The van der Waals surface area contributed by atoms with Crippen LogP contribution in [0.5, 0.6) is 0 Å². The maximum absolute atomic E-state index is 12.5. The Hall–Kier alpha value is -3.04. The molecule has 164 valence electrons. The van der Waals surface area contributed by atoms with Crippen molar-refractivity contribution in [2.45, 2.75) is 30.7 Å². The molecule has 2 aromatic rings. The van der Waals surface area contributed by atoms with Crippen molar-refractivity contribution in [3.05, 3.63) is 65.7 Å². The van der Waals surface area contributed by atoms with E-state index in [0.29, 0.717) is 18.7 Å². The maximum Gasteiger partial charge on any atom is 0.328 e. The molecule has 0 radical (unpaired) electrons. The fourth-order valence-electron chi connectivity index (χ4n) is 3.16. The zero-order valence-electron chi connectivity index (χ0n) is 17.1. The lowest BCUT2D eigenvalue weighted by Crippen LogP contribution is -2.40. The maximum atomic E-state index is 12.5. The van der Waals surface area contributed by atoms with Crippen LogP contribution < -0.4 is 5.32 Å². The summed E-state index contributed by atoms with van der Waals surface area (Å²) in [6.07, 6.45) is 1.68. The number of ether oxygens (including phenoxy) is 1. The third-order valence-corrected chi connectivity index (χ3v) is 6.87. The van der Waals surface area contributed by atoms with Crippen molar-refractivity contribution in [1.29, 1.82) is 0 Å². The second-order valence-corrected chi connectivity index (χ2v) is 9.17. The number of hydrogen-bond acceptors (Lipinski definition) is 6. The van der Waals surface area contributed by atoms with Gasteiger partial charge in [0, 0.05) is 24.2 Å². The van der Waals surface area contributed by atoms with E-state index in [9.17, 15) is 22.8 Å². The highest BCUT2D eigenvalue weighted by molar-refractivity contribution is 7.89. The van der Waals surface area contributed by atoms with E-state index in [1.54, 1.807) is 30.3 Å². The first-order valence-corrected chi connectivity index (χ1v) is 11.4. The minimum absolute atomic E-state index is 0.125. The van der Waals surface area contributed by atoms with Gasteiger partial charge in [0.05, 0.1) is 4.90 Å². The molecule has 8 nitrogen and oxygen atoms in total. The summed E-state index contributed by atoms with van der Waals surface area (Å²) in [5.74, 6) is -1.64. The van der Waals surface area contributed by atoms with Gasteiger partial charge in [-0.05, 0) is 56.2 Å². The van der Waals surface area contributed by atoms with Crippen molar-refractivity contribution in [3.63, 3.8) is 0 Å². The van der Waals surface area contributed by atoms with E-state index in [2.05, 4.69) is 5.32 Å². The van der Waals surface area contributed by atoms with Gasteiger partial charge in [0.1, 0.15) is 6.04 Å². The number of amides is 1. The number of Topliss-reactive ketones (excluding diaryl/α,β-unsaturated/α-hetero) is 1. The van der Waals surface area contributed by atoms with Crippen molar-refractivity contribution >= 4 is 27.7 Å². The lowest BCUT2D eigenvalue weighted by atomic mass is 10.1. The van der Waals surface area contributed by atoms with Gasteiger partial charge in [0.2, 0.25) is 10.0 Å². The largest absolute Gasteiger partial charge is 0.456 e. The quantitative estimate of drug-likeness (QED) is 0.493. The van der Waals surface area contributed by atoms with E-state index >= 15 is 0 Å². The lowest BCUT2D eigenvalue weighted by molar-refractivity contribution is -0.144. The van der Waals surface area contributed by atoms with E-state index < -0.39 is 40.3 Å². The van der Waals surface area contributed by atoms with Crippen LogP contribution in [0.2, 0.25) is 0 Å². The third kappa shape index (κ3) is 5.56. The first-order valence-electron chi connectivity index (χ1n) is 9.95. The van der Waals surface area contributed by atoms with Crippen molar-refractivity contribution in [1.82, 2.24) is 9.62 Å². The van der Waals surface area contributed by atoms with E-state index in [4.69, 9.17) is 4.74 Å². The standard InChI is InChI=1S/C22H24N2O6S/c1-16(23-21(26)18-7-3-2-4-8-18)22(27)30-15-20(25)17-9-11-19(12-10-17)31(28,29)24-13-5-6-14-24/h2-4,7-12,16H,5-6,13-15H2,1H3,(H,23,26). The van der Waals surface area contributed by atoms with E-state index in [-0.39, 0.29) is 10.5 Å². The Kier molecular flexibility index (Phi) is 7.19. The molecule has 0 spiro atoms. The topological polar surface area (TPSA) is 110 Å². The summed E-state index contributed by atoms with van der Waals surface area (Å²) < 4.78 is 31.5. The molecule has 0 bridgehead atoms. The van der Waals surface area contributed by atoms with Gasteiger partial charge in [-0.2, -0.15) is 4.31 Å². The van der Waals surface area contributed by atoms with Crippen LogP contribution in [0, 0.1) is 0 Å². The molecule has 0 aliphatic carbocycles. The first kappa shape index (κ1) is 22.6. The molecule has 0 aromatic heterocycles. The van der Waals surface area contributed by atoms with Crippen LogP contribution in [0.15, 0.2) is 59.5 Å². The minimum Gasteiger partial charge on any atom is -0.456 e. The molecule has 1 heterocycles. The molecule has 1 aliphatic heterocycles. The molecule has 1 unspecified atom stereocenters. The zero-order valence-corrected chi connectivity index (χ0v) is 17.9. The molecule has 1 fully saturated rings. The van der Waals surface area contributed by atoms with Gasteiger partial charge >= 0.3 is 5.97 Å². The van der Waals surface area contributed by atoms with Gasteiger partial charge in [0.15, 0.2) is 12.4 Å². The Balaban J connectivity index is 1.53. The number of nitrogens with zero attached hydrogens (tertiary/aromatic N) is 1. The van der Waals surface area contributed by atoms with Gasteiger partial charge in [-0.1, -0.05) is 18.2 Å².